The highest BCUT2D eigenvalue weighted by molar-refractivity contribution is 5.95. The quantitative estimate of drug-likeness (QED) is 0.728. The van der Waals surface area contributed by atoms with Gasteiger partial charge in [-0.25, -0.2) is 8.78 Å². The van der Waals surface area contributed by atoms with E-state index in [1.54, 1.807) is 0 Å². The summed E-state index contributed by atoms with van der Waals surface area (Å²) in [6, 6.07) is 19.7. The molecule has 126 valence electrons. The van der Waals surface area contributed by atoms with Crippen LogP contribution in [-0.2, 0) is 0 Å². The highest BCUT2D eigenvalue weighted by atomic mass is 19.1. The summed E-state index contributed by atoms with van der Waals surface area (Å²) >= 11 is 0. The summed E-state index contributed by atoms with van der Waals surface area (Å²) in [5.41, 5.74) is 2.68. The van der Waals surface area contributed by atoms with Gasteiger partial charge in [0.2, 0.25) is 0 Å². The lowest BCUT2D eigenvalue weighted by Gasteiger charge is -2.20. The van der Waals surface area contributed by atoms with E-state index in [1.165, 1.54) is 0 Å². The molecule has 0 heterocycles. The van der Waals surface area contributed by atoms with E-state index in [0.717, 1.165) is 28.8 Å². The van der Waals surface area contributed by atoms with Crippen LogP contribution in [0.15, 0.2) is 72.8 Å². The summed E-state index contributed by atoms with van der Waals surface area (Å²) in [4.78, 5) is 12.5. The zero-order chi connectivity index (χ0) is 17.8. The first kappa shape index (κ1) is 16.8. The molecular formula is C21H17F2NO. The van der Waals surface area contributed by atoms with Crippen molar-refractivity contribution in [2.75, 3.05) is 0 Å². The van der Waals surface area contributed by atoms with Gasteiger partial charge < -0.3 is 5.32 Å². The minimum atomic E-state index is -0.881. The molecule has 1 N–H and O–H groups in total. The van der Waals surface area contributed by atoms with Gasteiger partial charge in [-0.1, -0.05) is 60.2 Å². The summed E-state index contributed by atoms with van der Waals surface area (Å²) in [5.74, 6) is -2.19. The van der Waals surface area contributed by atoms with Gasteiger partial charge in [-0.2, -0.15) is 0 Å². The van der Waals surface area contributed by atoms with Crippen molar-refractivity contribution >= 4 is 5.91 Å². The Morgan fingerprint density at radius 1 is 0.880 bits per heavy atom. The molecule has 0 unspecified atom stereocenters. The van der Waals surface area contributed by atoms with E-state index in [0.29, 0.717) is 6.07 Å². The van der Waals surface area contributed by atoms with Gasteiger partial charge in [-0.3, -0.25) is 4.79 Å². The average molecular weight is 337 g/mol. The highest BCUT2D eigenvalue weighted by Crippen LogP contribution is 2.23. The standard InChI is InChI=1S/C21H17F2NO/c1-14-7-9-16(10-8-14)20(15-5-3-2-4-6-15)24-21(25)18-12-11-17(22)13-19(18)23/h2-13,20H,1H3,(H,24,25)/t20-/m1/s1. The van der Waals surface area contributed by atoms with Crippen molar-refractivity contribution < 1.29 is 13.6 Å². The molecule has 1 atom stereocenters. The third-order valence-corrected chi connectivity index (χ3v) is 3.99. The second kappa shape index (κ2) is 7.26. The van der Waals surface area contributed by atoms with E-state index in [4.69, 9.17) is 0 Å². The molecule has 3 aromatic carbocycles. The van der Waals surface area contributed by atoms with Crippen molar-refractivity contribution in [3.8, 4) is 0 Å². The molecule has 0 bridgehead atoms. The van der Waals surface area contributed by atoms with E-state index in [-0.39, 0.29) is 5.56 Å². The predicted octanol–water partition coefficient (Wildman–Crippen LogP) is 4.79. The molecule has 0 radical (unpaired) electrons. The number of carbonyl (C=O) groups is 1. The Hall–Kier alpha value is -3.01. The fourth-order valence-electron chi connectivity index (χ4n) is 2.65. The van der Waals surface area contributed by atoms with Gasteiger partial charge in [-0.05, 0) is 30.2 Å². The van der Waals surface area contributed by atoms with Gasteiger partial charge in [0.05, 0.1) is 11.6 Å². The third kappa shape index (κ3) is 3.91. The van der Waals surface area contributed by atoms with Crippen molar-refractivity contribution in [1.82, 2.24) is 5.32 Å². The maximum absolute atomic E-state index is 13.9. The van der Waals surface area contributed by atoms with E-state index in [9.17, 15) is 13.6 Å². The Morgan fingerprint density at radius 3 is 2.16 bits per heavy atom. The number of amides is 1. The van der Waals surface area contributed by atoms with E-state index < -0.39 is 23.6 Å². The molecule has 25 heavy (non-hydrogen) atoms. The Morgan fingerprint density at radius 2 is 1.52 bits per heavy atom. The number of halogens is 2. The van der Waals surface area contributed by atoms with Gasteiger partial charge in [0.25, 0.3) is 5.91 Å². The predicted molar refractivity (Wildman–Crippen MR) is 93.3 cm³/mol. The van der Waals surface area contributed by atoms with E-state index in [1.807, 2.05) is 61.5 Å². The number of aryl methyl sites for hydroxylation is 1. The Labute approximate surface area is 145 Å². The Bertz CT molecular complexity index is 876. The van der Waals surface area contributed by atoms with Crippen LogP contribution >= 0.6 is 0 Å². The van der Waals surface area contributed by atoms with Crippen molar-refractivity contribution in [3.05, 3.63) is 107 Å². The monoisotopic (exact) mass is 337 g/mol. The zero-order valence-electron chi connectivity index (χ0n) is 13.7. The summed E-state index contributed by atoms with van der Waals surface area (Å²) < 4.78 is 27.0. The van der Waals surface area contributed by atoms with Gasteiger partial charge in [0, 0.05) is 6.07 Å². The molecule has 1 amide bonds. The maximum Gasteiger partial charge on any atom is 0.255 e. The molecule has 0 saturated heterocycles. The minimum absolute atomic E-state index is 0.186. The van der Waals surface area contributed by atoms with Crippen molar-refractivity contribution in [2.24, 2.45) is 0 Å². The van der Waals surface area contributed by atoms with Crippen molar-refractivity contribution in [1.29, 1.82) is 0 Å². The number of rotatable bonds is 4. The smallest absolute Gasteiger partial charge is 0.255 e. The molecule has 0 aliphatic heterocycles. The van der Waals surface area contributed by atoms with Crippen LogP contribution in [0.4, 0.5) is 8.78 Å². The zero-order valence-corrected chi connectivity index (χ0v) is 13.7. The second-order valence-corrected chi connectivity index (χ2v) is 5.85. The molecule has 0 saturated carbocycles. The summed E-state index contributed by atoms with van der Waals surface area (Å²) in [5, 5.41) is 2.84. The van der Waals surface area contributed by atoms with Crippen molar-refractivity contribution in [2.45, 2.75) is 13.0 Å². The molecule has 3 aromatic rings. The lowest BCUT2D eigenvalue weighted by molar-refractivity contribution is 0.0939. The molecule has 0 aliphatic carbocycles. The summed E-state index contributed by atoms with van der Waals surface area (Å²) in [7, 11) is 0. The molecule has 0 fully saturated rings. The average Bonchev–Trinajstić information content (AvgIpc) is 2.61. The van der Waals surface area contributed by atoms with Crippen LogP contribution in [0.25, 0.3) is 0 Å². The molecule has 0 aliphatic rings. The van der Waals surface area contributed by atoms with Crippen molar-refractivity contribution in [3.63, 3.8) is 0 Å². The van der Waals surface area contributed by atoms with Crippen LogP contribution in [0.2, 0.25) is 0 Å². The summed E-state index contributed by atoms with van der Waals surface area (Å²) in [6.07, 6.45) is 0. The van der Waals surface area contributed by atoms with Gasteiger partial charge in [0.15, 0.2) is 0 Å². The van der Waals surface area contributed by atoms with Crippen LogP contribution in [0.1, 0.15) is 33.1 Å². The number of benzene rings is 3. The van der Waals surface area contributed by atoms with Gasteiger partial charge >= 0.3 is 0 Å². The van der Waals surface area contributed by atoms with Crippen LogP contribution in [0.3, 0.4) is 0 Å². The third-order valence-electron chi connectivity index (χ3n) is 3.99. The number of hydrogen-bond acceptors (Lipinski definition) is 1. The number of carbonyl (C=O) groups excluding carboxylic acids is 1. The number of nitrogens with one attached hydrogen (secondary N) is 1. The van der Waals surface area contributed by atoms with Crippen LogP contribution < -0.4 is 5.32 Å². The highest BCUT2D eigenvalue weighted by Gasteiger charge is 2.20. The Kier molecular flexibility index (Phi) is 4.89. The second-order valence-electron chi connectivity index (χ2n) is 5.85. The Balaban J connectivity index is 1.95. The lowest BCUT2D eigenvalue weighted by atomic mass is 9.97. The van der Waals surface area contributed by atoms with E-state index in [2.05, 4.69) is 5.32 Å². The number of hydrogen-bond donors (Lipinski definition) is 1. The first-order chi connectivity index (χ1) is 12.0. The SMILES string of the molecule is Cc1ccc([C@H](NC(=O)c2ccc(F)cc2F)c2ccccc2)cc1. The van der Waals surface area contributed by atoms with Gasteiger partial charge in [-0.15, -0.1) is 0 Å². The molecule has 4 heteroatoms. The first-order valence-corrected chi connectivity index (χ1v) is 7.92. The molecule has 3 rings (SSSR count). The minimum Gasteiger partial charge on any atom is -0.341 e. The lowest BCUT2D eigenvalue weighted by Crippen LogP contribution is -2.30. The maximum atomic E-state index is 13.9. The normalized spacial score (nSPS) is 11.8. The topological polar surface area (TPSA) is 29.1 Å². The molecular weight excluding hydrogens is 320 g/mol. The summed E-state index contributed by atoms with van der Waals surface area (Å²) in [6.45, 7) is 1.98. The molecule has 2 nitrogen and oxygen atoms in total. The first-order valence-electron chi connectivity index (χ1n) is 7.92. The van der Waals surface area contributed by atoms with Gasteiger partial charge in [0.1, 0.15) is 11.6 Å². The molecule has 0 spiro atoms. The van der Waals surface area contributed by atoms with Crippen LogP contribution in [0.5, 0.6) is 0 Å². The van der Waals surface area contributed by atoms with Crippen LogP contribution in [0, 0.1) is 18.6 Å². The molecule has 0 aromatic heterocycles. The van der Waals surface area contributed by atoms with E-state index >= 15 is 0 Å². The fraction of sp³-hybridized carbons (Fsp3) is 0.0952. The van der Waals surface area contributed by atoms with Crippen LogP contribution in [-0.4, -0.2) is 5.91 Å². The fourth-order valence-corrected chi connectivity index (χ4v) is 2.65. The largest absolute Gasteiger partial charge is 0.341 e.